The van der Waals surface area contributed by atoms with Gasteiger partial charge >= 0.3 is 0 Å². The first kappa shape index (κ1) is 23.6. The second kappa shape index (κ2) is 10.6. The number of anilines is 1. The van der Waals surface area contributed by atoms with E-state index in [4.69, 9.17) is 39.8 Å². The Bertz CT molecular complexity index is 1320. The molecule has 168 valence electrons. The third-order valence-electron chi connectivity index (χ3n) is 4.75. The Hall–Kier alpha value is -2.58. The Morgan fingerprint density at radius 3 is 2.64 bits per heavy atom. The van der Waals surface area contributed by atoms with Gasteiger partial charge in [0.25, 0.3) is 0 Å². The summed E-state index contributed by atoms with van der Waals surface area (Å²) in [6, 6.07) is 18.5. The molecule has 4 aromatic rings. The summed E-state index contributed by atoms with van der Waals surface area (Å²) in [5.74, 6) is 0.423. The lowest BCUT2D eigenvalue weighted by molar-refractivity contribution is -0.117. The molecule has 2 N–H and O–H groups in total. The molecule has 0 bridgehead atoms. The summed E-state index contributed by atoms with van der Waals surface area (Å²) >= 11 is 19.0. The highest BCUT2D eigenvalue weighted by molar-refractivity contribution is 8.00. The van der Waals surface area contributed by atoms with Crippen LogP contribution in [0.3, 0.4) is 0 Å². The summed E-state index contributed by atoms with van der Waals surface area (Å²) in [6.45, 7) is 2.09. The molecule has 1 amide bonds. The lowest BCUT2D eigenvalue weighted by Gasteiger charge is -2.11. The Kier molecular flexibility index (Phi) is 7.55. The number of amides is 1. The zero-order valence-electron chi connectivity index (χ0n) is 17.5. The molecule has 0 fully saturated rings. The minimum atomic E-state index is -0.215. The molecule has 0 unspecified atom stereocenters. The number of aromatic nitrogens is 1. The van der Waals surface area contributed by atoms with Gasteiger partial charge in [-0.05, 0) is 78.8 Å². The zero-order valence-corrected chi connectivity index (χ0v) is 20.7. The van der Waals surface area contributed by atoms with Gasteiger partial charge in [-0.2, -0.15) is 0 Å². The SMILES string of the molecule is CCc1ccc2oc(-c3cc(NC(=S)NC(=O)CSc4ccc(Cl)cc4)ccc3Cl)nc2c1. The fraction of sp³-hybridized carbons (Fsp3) is 0.125. The normalized spacial score (nSPS) is 10.9. The van der Waals surface area contributed by atoms with E-state index >= 15 is 0 Å². The molecule has 1 heterocycles. The molecule has 3 aromatic carbocycles. The van der Waals surface area contributed by atoms with E-state index in [0.717, 1.165) is 16.8 Å². The van der Waals surface area contributed by atoms with Gasteiger partial charge in [-0.15, -0.1) is 11.8 Å². The van der Waals surface area contributed by atoms with Gasteiger partial charge in [-0.1, -0.05) is 36.2 Å². The van der Waals surface area contributed by atoms with E-state index in [9.17, 15) is 4.79 Å². The van der Waals surface area contributed by atoms with Gasteiger partial charge in [0.1, 0.15) is 5.52 Å². The van der Waals surface area contributed by atoms with Crippen LogP contribution >= 0.6 is 47.2 Å². The maximum Gasteiger partial charge on any atom is 0.236 e. The number of carbonyl (C=O) groups excluding carboxylic acids is 1. The Balaban J connectivity index is 1.41. The van der Waals surface area contributed by atoms with Gasteiger partial charge < -0.3 is 15.1 Å². The molecule has 9 heteroatoms. The van der Waals surface area contributed by atoms with Crippen LogP contribution in [0.25, 0.3) is 22.6 Å². The number of fused-ring (bicyclic) bond motifs is 1. The van der Waals surface area contributed by atoms with Crippen LogP contribution in [0, 0.1) is 0 Å². The van der Waals surface area contributed by atoms with Crippen molar-refractivity contribution in [1.29, 1.82) is 0 Å². The van der Waals surface area contributed by atoms with E-state index in [-0.39, 0.29) is 16.8 Å². The Labute approximate surface area is 210 Å². The van der Waals surface area contributed by atoms with Crippen molar-refractivity contribution in [3.63, 3.8) is 0 Å². The summed E-state index contributed by atoms with van der Waals surface area (Å²) in [4.78, 5) is 17.8. The van der Waals surface area contributed by atoms with E-state index in [1.54, 1.807) is 30.3 Å². The number of thioether (sulfide) groups is 1. The largest absolute Gasteiger partial charge is 0.436 e. The lowest BCUT2D eigenvalue weighted by atomic mass is 10.1. The van der Waals surface area contributed by atoms with Gasteiger partial charge in [-0.3, -0.25) is 4.79 Å². The molecule has 5 nitrogen and oxygen atoms in total. The smallest absolute Gasteiger partial charge is 0.236 e. The molecular weight excluding hydrogens is 497 g/mol. The minimum Gasteiger partial charge on any atom is -0.436 e. The van der Waals surface area contributed by atoms with E-state index in [0.29, 0.717) is 32.8 Å². The Morgan fingerprint density at radius 2 is 1.88 bits per heavy atom. The molecular formula is C24H19Cl2N3O2S2. The van der Waals surface area contributed by atoms with Crippen LogP contribution in [-0.4, -0.2) is 21.8 Å². The van der Waals surface area contributed by atoms with Crippen molar-refractivity contribution in [2.75, 3.05) is 11.1 Å². The van der Waals surface area contributed by atoms with Crippen molar-refractivity contribution in [2.24, 2.45) is 0 Å². The molecule has 0 atom stereocenters. The molecule has 0 aliphatic rings. The molecule has 0 saturated heterocycles. The summed E-state index contributed by atoms with van der Waals surface area (Å²) in [5.41, 5.74) is 3.93. The highest BCUT2D eigenvalue weighted by Crippen LogP contribution is 2.32. The molecule has 0 aliphatic carbocycles. The molecule has 0 saturated carbocycles. The summed E-state index contributed by atoms with van der Waals surface area (Å²) in [6.07, 6.45) is 0.916. The van der Waals surface area contributed by atoms with Crippen molar-refractivity contribution in [2.45, 2.75) is 18.2 Å². The monoisotopic (exact) mass is 515 g/mol. The molecule has 0 spiro atoms. The van der Waals surface area contributed by atoms with Crippen LogP contribution in [0.1, 0.15) is 12.5 Å². The number of hydrogen-bond donors (Lipinski definition) is 2. The first-order valence-electron chi connectivity index (χ1n) is 10.1. The highest BCUT2D eigenvalue weighted by Gasteiger charge is 2.14. The second-order valence-electron chi connectivity index (χ2n) is 7.11. The number of hydrogen-bond acceptors (Lipinski definition) is 5. The van der Waals surface area contributed by atoms with Crippen LogP contribution < -0.4 is 10.6 Å². The maximum atomic E-state index is 12.2. The topological polar surface area (TPSA) is 67.2 Å². The third kappa shape index (κ3) is 6.06. The first-order valence-corrected chi connectivity index (χ1v) is 12.2. The average Bonchev–Trinajstić information content (AvgIpc) is 3.23. The van der Waals surface area contributed by atoms with E-state index in [2.05, 4.69) is 22.5 Å². The number of nitrogens with zero attached hydrogens (tertiary/aromatic N) is 1. The van der Waals surface area contributed by atoms with Gasteiger partial charge in [-0.25, -0.2) is 4.98 Å². The minimum absolute atomic E-state index is 0.190. The molecule has 4 rings (SSSR count). The van der Waals surface area contributed by atoms with E-state index in [1.165, 1.54) is 17.3 Å². The van der Waals surface area contributed by atoms with Gasteiger partial charge in [0, 0.05) is 15.6 Å². The average molecular weight is 516 g/mol. The number of oxazole rings is 1. The maximum absolute atomic E-state index is 12.2. The van der Waals surface area contributed by atoms with Crippen molar-refractivity contribution in [3.05, 3.63) is 76.3 Å². The van der Waals surface area contributed by atoms with E-state index in [1.807, 2.05) is 30.3 Å². The van der Waals surface area contributed by atoms with Gasteiger partial charge in [0.15, 0.2) is 10.7 Å². The number of benzene rings is 3. The van der Waals surface area contributed by atoms with Crippen molar-refractivity contribution in [3.8, 4) is 11.5 Å². The predicted molar refractivity (Wildman–Crippen MR) is 140 cm³/mol. The summed E-state index contributed by atoms with van der Waals surface area (Å²) in [7, 11) is 0. The zero-order chi connectivity index (χ0) is 23.4. The highest BCUT2D eigenvalue weighted by atomic mass is 35.5. The summed E-state index contributed by atoms with van der Waals surface area (Å²) < 4.78 is 5.90. The van der Waals surface area contributed by atoms with Crippen LogP contribution in [-0.2, 0) is 11.2 Å². The van der Waals surface area contributed by atoms with Gasteiger partial charge in [0.2, 0.25) is 11.8 Å². The number of nitrogens with one attached hydrogen (secondary N) is 2. The number of halogens is 2. The Morgan fingerprint density at radius 1 is 1.09 bits per heavy atom. The molecule has 33 heavy (non-hydrogen) atoms. The van der Waals surface area contributed by atoms with Crippen molar-refractivity contribution >= 4 is 75.0 Å². The van der Waals surface area contributed by atoms with Crippen molar-refractivity contribution in [1.82, 2.24) is 10.3 Å². The number of thiocarbonyl (C=S) groups is 1. The van der Waals surface area contributed by atoms with Crippen LogP contribution in [0.5, 0.6) is 0 Å². The number of aryl methyl sites for hydroxylation is 1. The second-order valence-corrected chi connectivity index (χ2v) is 9.41. The van der Waals surface area contributed by atoms with Crippen LogP contribution in [0.15, 0.2) is 70.0 Å². The molecule has 0 radical (unpaired) electrons. The first-order chi connectivity index (χ1) is 15.9. The third-order valence-corrected chi connectivity index (χ3v) is 6.55. The number of carbonyl (C=O) groups is 1. The number of rotatable bonds is 6. The lowest BCUT2D eigenvalue weighted by Crippen LogP contribution is -2.35. The van der Waals surface area contributed by atoms with Gasteiger partial charge in [0.05, 0.1) is 16.3 Å². The fourth-order valence-corrected chi connectivity index (χ4v) is 4.33. The van der Waals surface area contributed by atoms with Crippen LogP contribution in [0.4, 0.5) is 5.69 Å². The fourth-order valence-electron chi connectivity index (χ4n) is 3.08. The molecule has 1 aromatic heterocycles. The van der Waals surface area contributed by atoms with Crippen LogP contribution in [0.2, 0.25) is 10.0 Å². The molecule has 0 aliphatic heterocycles. The summed E-state index contributed by atoms with van der Waals surface area (Å²) in [5, 5.41) is 7.03. The quantitative estimate of drug-likeness (QED) is 0.213. The predicted octanol–water partition coefficient (Wildman–Crippen LogP) is 6.97. The standard InChI is InChI=1S/C24H19Cl2N3O2S2/c1-2-14-3-10-21-20(11-14)28-23(31-21)18-12-16(6-9-19(18)26)27-24(32)29-22(30)13-33-17-7-4-15(25)5-8-17/h3-12H,2,13H2,1H3,(H2,27,29,30,32). The van der Waals surface area contributed by atoms with E-state index < -0.39 is 0 Å². The van der Waals surface area contributed by atoms with Crippen molar-refractivity contribution < 1.29 is 9.21 Å².